The van der Waals surface area contributed by atoms with Gasteiger partial charge in [0.2, 0.25) is 5.91 Å². The third-order valence-electron chi connectivity index (χ3n) is 5.30. The highest BCUT2D eigenvalue weighted by Gasteiger charge is 2.30. The Labute approximate surface area is 184 Å². The molecule has 0 fully saturated rings. The van der Waals surface area contributed by atoms with Crippen LogP contribution in [0.15, 0.2) is 91.1 Å². The van der Waals surface area contributed by atoms with Gasteiger partial charge in [-0.15, -0.1) is 0 Å². The van der Waals surface area contributed by atoms with Gasteiger partial charge in [-0.25, -0.2) is 0 Å². The van der Waals surface area contributed by atoms with E-state index >= 15 is 0 Å². The Bertz CT molecular complexity index is 1210. The normalized spacial score (nSPS) is 11.5. The van der Waals surface area contributed by atoms with E-state index in [1.165, 1.54) is 12.1 Å². The highest BCUT2D eigenvalue weighted by Crippen LogP contribution is 2.29. The van der Waals surface area contributed by atoms with Crippen molar-refractivity contribution in [3.8, 4) is 0 Å². The third-order valence-corrected chi connectivity index (χ3v) is 5.30. The molecule has 1 aromatic heterocycles. The van der Waals surface area contributed by atoms with E-state index < -0.39 is 11.7 Å². The number of amides is 1. The zero-order valence-electron chi connectivity index (χ0n) is 17.2. The lowest BCUT2D eigenvalue weighted by Gasteiger charge is -2.24. The minimum atomic E-state index is -4.37. The summed E-state index contributed by atoms with van der Waals surface area (Å²) in [5.74, 6) is -0.0775. The molecule has 1 amide bonds. The van der Waals surface area contributed by atoms with E-state index in [4.69, 9.17) is 0 Å². The number of benzene rings is 3. The van der Waals surface area contributed by atoms with Crippen LogP contribution in [-0.4, -0.2) is 17.4 Å². The molecule has 0 N–H and O–H groups in total. The van der Waals surface area contributed by atoms with E-state index in [9.17, 15) is 18.0 Å². The molecule has 0 saturated carbocycles. The standard InChI is InChI=1S/C26H21F3N2O/c27-26(28,29)22-10-8-19(9-11-22)14-16-31(25(32)17-20-5-2-1-3-6-20)23-12-13-24-21(18-23)7-4-15-30-24/h1-13,15,18H,14,16-17H2. The molecule has 6 heteroatoms. The highest BCUT2D eigenvalue weighted by molar-refractivity contribution is 5.97. The topological polar surface area (TPSA) is 33.2 Å². The molecule has 32 heavy (non-hydrogen) atoms. The quantitative estimate of drug-likeness (QED) is 0.369. The lowest BCUT2D eigenvalue weighted by atomic mass is 10.1. The van der Waals surface area contributed by atoms with Gasteiger partial charge in [0.05, 0.1) is 17.5 Å². The average Bonchev–Trinajstić information content (AvgIpc) is 2.79. The fourth-order valence-electron chi connectivity index (χ4n) is 3.60. The SMILES string of the molecule is O=C(Cc1ccccc1)N(CCc1ccc(C(F)(F)F)cc1)c1ccc2ncccc2c1. The largest absolute Gasteiger partial charge is 0.416 e. The Morgan fingerprint density at radius 1 is 0.844 bits per heavy atom. The maximum Gasteiger partial charge on any atom is 0.416 e. The summed E-state index contributed by atoms with van der Waals surface area (Å²) in [7, 11) is 0. The summed E-state index contributed by atoms with van der Waals surface area (Å²) in [6.45, 7) is 0.350. The number of carbonyl (C=O) groups is 1. The monoisotopic (exact) mass is 434 g/mol. The van der Waals surface area contributed by atoms with E-state index in [1.54, 1.807) is 11.1 Å². The Morgan fingerprint density at radius 2 is 1.59 bits per heavy atom. The number of halogens is 3. The zero-order valence-corrected chi connectivity index (χ0v) is 17.2. The Morgan fingerprint density at radius 3 is 2.31 bits per heavy atom. The summed E-state index contributed by atoms with van der Waals surface area (Å²) < 4.78 is 38.5. The number of pyridine rings is 1. The van der Waals surface area contributed by atoms with Crippen molar-refractivity contribution in [3.05, 3.63) is 108 Å². The van der Waals surface area contributed by atoms with Crippen LogP contribution in [0.1, 0.15) is 16.7 Å². The number of aromatic nitrogens is 1. The van der Waals surface area contributed by atoms with Crippen molar-refractivity contribution in [1.82, 2.24) is 4.98 Å². The smallest absolute Gasteiger partial charge is 0.312 e. The number of carbonyl (C=O) groups excluding carboxylic acids is 1. The van der Waals surface area contributed by atoms with Crippen molar-refractivity contribution in [2.45, 2.75) is 19.0 Å². The van der Waals surface area contributed by atoms with E-state index in [0.717, 1.165) is 39.8 Å². The second kappa shape index (κ2) is 9.22. The van der Waals surface area contributed by atoms with Crippen LogP contribution in [0.4, 0.5) is 18.9 Å². The first kappa shape index (κ1) is 21.6. The maximum absolute atomic E-state index is 13.2. The number of rotatable bonds is 6. The van der Waals surface area contributed by atoms with Crippen LogP contribution in [0.5, 0.6) is 0 Å². The van der Waals surface area contributed by atoms with E-state index in [-0.39, 0.29) is 12.3 Å². The van der Waals surface area contributed by atoms with Gasteiger partial charge >= 0.3 is 6.18 Å². The van der Waals surface area contributed by atoms with Crippen LogP contribution in [0.2, 0.25) is 0 Å². The van der Waals surface area contributed by atoms with Gasteiger partial charge < -0.3 is 4.90 Å². The van der Waals surface area contributed by atoms with Gasteiger partial charge in [-0.05, 0) is 53.9 Å². The summed E-state index contributed by atoms with van der Waals surface area (Å²) in [5.41, 5.74) is 2.52. The lowest BCUT2D eigenvalue weighted by Crippen LogP contribution is -2.34. The molecule has 0 saturated heterocycles. The number of hydrogen-bond donors (Lipinski definition) is 0. The minimum Gasteiger partial charge on any atom is -0.312 e. The maximum atomic E-state index is 13.2. The van der Waals surface area contributed by atoms with Gasteiger partial charge in [-0.3, -0.25) is 9.78 Å². The van der Waals surface area contributed by atoms with Crippen LogP contribution in [-0.2, 0) is 23.8 Å². The minimum absolute atomic E-state index is 0.0775. The van der Waals surface area contributed by atoms with Crippen molar-refractivity contribution in [1.29, 1.82) is 0 Å². The Hall–Kier alpha value is -3.67. The summed E-state index contributed by atoms with van der Waals surface area (Å²) >= 11 is 0. The second-order valence-corrected chi connectivity index (χ2v) is 7.53. The molecule has 0 unspecified atom stereocenters. The van der Waals surface area contributed by atoms with Crippen molar-refractivity contribution in [2.24, 2.45) is 0 Å². The molecule has 1 heterocycles. The summed E-state index contributed by atoms with van der Waals surface area (Å²) in [5, 5.41) is 0.914. The molecular formula is C26H21F3N2O. The molecule has 0 aliphatic heterocycles. The molecule has 4 rings (SSSR count). The number of hydrogen-bond acceptors (Lipinski definition) is 2. The van der Waals surface area contributed by atoms with Gasteiger partial charge in [0.15, 0.2) is 0 Å². The molecule has 0 atom stereocenters. The van der Waals surface area contributed by atoms with E-state index in [2.05, 4.69) is 4.98 Å². The average molecular weight is 434 g/mol. The van der Waals surface area contributed by atoms with Gasteiger partial charge in [0, 0.05) is 23.8 Å². The molecule has 3 nitrogen and oxygen atoms in total. The molecule has 0 bridgehead atoms. The predicted molar refractivity (Wildman–Crippen MR) is 119 cm³/mol. The number of anilines is 1. The zero-order chi connectivity index (χ0) is 22.6. The number of nitrogens with zero attached hydrogens (tertiary/aromatic N) is 2. The predicted octanol–water partition coefficient (Wildman–Crippen LogP) is 6.07. The van der Waals surface area contributed by atoms with Crippen LogP contribution >= 0.6 is 0 Å². The molecule has 0 spiro atoms. The van der Waals surface area contributed by atoms with Crippen molar-refractivity contribution in [2.75, 3.05) is 11.4 Å². The van der Waals surface area contributed by atoms with Crippen molar-refractivity contribution >= 4 is 22.5 Å². The summed E-state index contributed by atoms with van der Waals surface area (Å²) in [6.07, 6.45) is -1.98. The molecular weight excluding hydrogens is 413 g/mol. The second-order valence-electron chi connectivity index (χ2n) is 7.53. The van der Waals surface area contributed by atoms with Crippen LogP contribution in [0.25, 0.3) is 10.9 Å². The van der Waals surface area contributed by atoms with E-state index in [1.807, 2.05) is 60.7 Å². The molecule has 0 radical (unpaired) electrons. The molecule has 0 aliphatic rings. The van der Waals surface area contributed by atoms with Gasteiger partial charge in [-0.2, -0.15) is 13.2 Å². The van der Waals surface area contributed by atoms with Gasteiger partial charge in [0.1, 0.15) is 0 Å². The number of fused-ring (bicyclic) bond motifs is 1. The first-order valence-corrected chi connectivity index (χ1v) is 10.3. The lowest BCUT2D eigenvalue weighted by molar-refractivity contribution is -0.137. The van der Waals surface area contributed by atoms with Gasteiger partial charge in [-0.1, -0.05) is 48.5 Å². The van der Waals surface area contributed by atoms with E-state index in [0.29, 0.717) is 13.0 Å². The summed E-state index contributed by atoms with van der Waals surface area (Å²) in [4.78, 5) is 19.2. The first-order chi connectivity index (χ1) is 15.4. The molecule has 162 valence electrons. The highest BCUT2D eigenvalue weighted by atomic mass is 19.4. The van der Waals surface area contributed by atoms with Crippen LogP contribution < -0.4 is 4.90 Å². The van der Waals surface area contributed by atoms with Gasteiger partial charge in [0.25, 0.3) is 0 Å². The first-order valence-electron chi connectivity index (χ1n) is 10.3. The Balaban J connectivity index is 1.58. The van der Waals surface area contributed by atoms with Crippen LogP contribution in [0, 0.1) is 0 Å². The summed E-state index contributed by atoms with van der Waals surface area (Å²) in [6, 6.07) is 24.0. The Kier molecular flexibility index (Phi) is 6.21. The molecule has 0 aliphatic carbocycles. The van der Waals surface area contributed by atoms with Crippen LogP contribution in [0.3, 0.4) is 0 Å². The fraction of sp³-hybridized carbons (Fsp3) is 0.154. The van der Waals surface area contributed by atoms with Crippen molar-refractivity contribution < 1.29 is 18.0 Å². The third kappa shape index (κ3) is 5.14. The fourth-order valence-corrected chi connectivity index (χ4v) is 3.60. The molecule has 4 aromatic rings. The number of alkyl halides is 3. The molecule has 3 aromatic carbocycles. The van der Waals surface area contributed by atoms with Crippen molar-refractivity contribution in [3.63, 3.8) is 0 Å².